The van der Waals surface area contributed by atoms with Gasteiger partial charge < -0.3 is 9.30 Å². The maximum absolute atomic E-state index is 13.0. The van der Waals surface area contributed by atoms with Crippen molar-refractivity contribution in [1.29, 1.82) is 0 Å². The number of fused-ring (bicyclic) bond motifs is 1. The van der Waals surface area contributed by atoms with Gasteiger partial charge in [0.05, 0.1) is 18.0 Å². The second-order valence-electron chi connectivity index (χ2n) is 7.12. The summed E-state index contributed by atoms with van der Waals surface area (Å²) in [5.41, 5.74) is 2.43. The molecule has 156 valence electrons. The van der Waals surface area contributed by atoms with Gasteiger partial charge in [0.1, 0.15) is 5.75 Å². The van der Waals surface area contributed by atoms with Crippen LogP contribution in [-0.2, 0) is 7.05 Å². The van der Waals surface area contributed by atoms with Gasteiger partial charge in [0.15, 0.2) is 5.52 Å². The summed E-state index contributed by atoms with van der Waals surface area (Å²) < 4.78 is 46.0. The summed E-state index contributed by atoms with van der Waals surface area (Å²) in [5, 5.41) is 4.36. The van der Waals surface area contributed by atoms with Crippen LogP contribution in [0.3, 0.4) is 0 Å². The number of halogens is 3. The second kappa shape index (κ2) is 7.05. The molecule has 4 rings (SSSR count). The van der Waals surface area contributed by atoms with E-state index in [4.69, 9.17) is 0 Å². The summed E-state index contributed by atoms with van der Waals surface area (Å²) in [7, 11) is 1.79. The number of rotatable bonds is 4. The topological polar surface area (TPSA) is 66.9 Å². The first kappa shape index (κ1) is 19.7. The zero-order chi connectivity index (χ0) is 21.6. The molecular weight excluding hydrogens is 399 g/mol. The molecule has 0 aliphatic heterocycles. The van der Waals surface area contributed by atoms with Crippen LogP contribution in [0, 0.1) is 0 Å². The van der Waals surface area contributed by atoms with E-state index in [9.17, 15) is 18.0 Å². The number of benzene rings is 1. The molecule has 1 aromatic carbocycles. The molecule has 0 spiro atoms. The Kier molecular flexibility index (Phi) is 4.64. The van der Waals surface area contributed by atoms with Crippen molar-refractivity contribution >= 4 is 11.0 Å². The summed E-state index contributed by atoms with van der Waals surface area (Å²) in [4.78, 5) is 17.2. The summed E-state index contributed by atoms with van der Waals surface area (Å²) in [5.74, 6) is -0.364. The van der Waals surface area contributed by atoms with Gasteiger partial charge in [0, 0.05) is 42.3 Å². The number of nitrogens with zero attached hydrogens (tertiary/aromatic N) is 5. The Hall–Kier alpha value is -3.56. The zero-order valence-electron chi connectivity index (χ0n) is 16.4. The van der Waals surface area contributed by atoms with Gasteiger partial charge >= 0.3 is 6.36 Å². The molecule has 0 saturated carbocycles. The third-order valence-corrected chi connectivity index (χ3v) is 4.66. The maximum Gasteiger partial charge on any atom is 0.573 e. The van der Waals surface area contributed by atoms with Crippen molar-refractivity contribution < 1.29 is 17.9 Å². The number of pyridine rings is 1. The molecule has 0 amide bonds. The van der Waals surface area contributed by atoms with Crippen molar-refractivity contribution in [2.24, 2.45) is 7.05 Å². The van der Waals surface area contributed by atoms with Crippen LogP contribution in [0.1, 0.15) is 19.9 Å². The fourth-order valence-electron chi connectivity index (χ4n) is 3.24. The van der Waals surface area contributed by atoms with Crippen molar-refractivity contribution in [3.8, 4) is 22.6 Å². The number of aromatic nitrogens is 5. The first-order valence-corrected chi connectivity index (χ1v) is 9.11. The molecular formula is C20H18F3N5O2. The molecule has 30 heavy (non-hydrogen) atoms. The van der Waals surface area contributed by atoms with Crippen LogP contribution in [0.2, 0.25) is 0 Å². The van der Waals surface area contributed by atoms with Gasteiger partial charge in [-0.25, -0.2) is 4.98 Å². The van der Waals surface area contributed by atoms with Crippen molar-refractivity contribution in [2.45, 2.75) is 26.3 Å². The normalized spacial score (nSPS) is 12.1. The van der Waals surface area contributed by atoms with E-state index in [1.54, 1.807) is 35.0 Å². The molecule has 3 heterocycles. The molecule has 0 radical (unpaired) electrons. The number of hydrogen-bond acceptors (Lipinski definition) is 4. The van der Waals surface area contributed by atoms with Gasteiger partial charge in [-0.3, -0.25) is 14.0 Å². The standard InChI is InChI=1S/C20H18F3N5O2/c1-12(2)28-9-13(8-25-28)16-10-27(19(29)17-18(16)26(3)11-24-17)14-4-6-15(7-5-14)30-20(21,22)23/h4-12H,1-3H3. The highest BCUT2D eigenvalue weighted by atomic mass is 19.4. The monoisotopic (exact) mass is 417 g/mol. The van der Waals surface area contributed by atoms with E-state index in [0.717, 1.165) is 23.3 Å². The number of aryl methyl sites for hydroxylation is 1. The van der Waals surface area contributed by atoms with Crippen LogP contribution in [0.15, 0.2) is 54.0 Å². The Balaban J connectivity index is 1.87. The Morgan fingerprint density at radius 3 is 2.40 bits per heavy atom. The Morgan fingerprint density at radius 2 is 1.80 bits per heavy atom. The highest BCUT2D eigenvalue weighted by Gasteiger charge is 2.31. The SMILES string of the molecule is CC(C)n1cc(-c2cn(-c3ccc(OC(F)(F)F)cc3)c(=O)c3ncn(C)c23)cn1. The van der Waals surface area contributed by atoms with Crippen LogP contribution in [0.5, 0.6) is 5.75 Å². The summed E-state index contributed by atoms with van der Waals surface area (Å²) >= 11 is 0. The van der Waals surface area contributed by atoms with Crippen LogP contribution >= 0.6 is 0 Å². The lowest BCUT2D eigenvalue weighted by atomic mass is 10.1. The van der Waals surface area contributed by atoms with Gasteiger partial charge in [-0.1, -0.05) is 0 Å². The Bertz CT molecular complexity index is 1270. The number of alkyl halides is 3. The van der Waals surface area contributed by atoms with Gasteiger partial charge in [0.25, 0.3) is 5.56 Å². The van der Waals surface area contributed by atoms with E-state index in [0.29, 0.717) is 11.2 Å². The molecule has 0 N–H and O–H groups in total. The van der Waals surface area contributed by atoms with Gasteiger partial charge in [-0.05, 0) is 38.1 Å². The van der Waals surface area contributed by atoms with Crippen LogP contribution in [-0.4, -0.2) is 30.3 Å². The minimum atomic E-state index is -4.78. The summed E-state index contributed by atoms with van der Waals surface area (Å²) in [6, 6.07) is 5.26. The van der Waals surface area contributed by atoms with E-state index >= 15 is 0 Å². The second-order valence-corrected chi connectivity index (χ2v) is 7.12. The molecule has 0 fully saturated rings. The molecule has 4 aromatic rings. The average molecular weight is 417 g/mol. The Labute approximate surface area is 168 Å². The number of ether oxygens (including phenoxy) is 1. The van der Waals surface area contributed by atoms with E-state index < -0.39 is 6.36 Å². The van der Waals surface area contributed by atoms with E-state index in [1.807, 2.05) is 20.0 Å². The van der Waals surface area contributed by atoms with Gasteiger partial charge in [0.2, 0.25) is 0 Å². The van der Waals surface area contributed by atoms with Crippen LogP contribution in [0.4, 0.5) is 13.2 Å². The molecule has 0 aliphatic rings. The number of imidazole rings is 1. The van der Waals surface area contributed by atoms with Crippen molar-refractivity contribution in [1.82, 2.24) is 23.9 Å². The molecule has 0 unspecified atom stereocenters. The molecule has 10 heteroatoms. The molecule has 0 aliphatic carbocycles. The zero-order valence-corrected chi connectivity index (χ0v) is 16.4. The van der Waals surface area contributed by atoms with Gasteiger partial charge in [-0.15, -0.1) is 13.2 Å². The first-order chi connectivity index (χ1) is 14.1. The first-order valence-electron chi connectivity index (χ1n) is 9.11. The van der Waals surface area contributed by atoms with E-state index in [1.165, 1.54) is 16.7 Å². The van der Waals surface area contributed by atoms with Gasteiger partial charge in [-0.2, -0.15) is 5.10 Å². The van der Waals surface area contributed by atoms with E-state index in [2.05, 4.69) is 14.8 Å². The lowest BCUT2D eigenvalue weighted by molar-refractivity contribution is -0.274. The van der Waals surface area contributed by atoms with E-state index in [-0.39, 0.29) is 22.9 Å². The number of hydrogen-bond donors (Lipinski definition) is 0. The lowest BCUT2D eigenvalue weighted by Crippen LogP contribution is -2.19. The molecule has 0 saturated heterocycles. The minimum absolute atomic E-state index is 0.160. The lowest BCUT2D eigenvalue weighted by Gasteiger charge is -2.12. The van der Waals surface area contributed by atoms with Crippen molar-refractivity contribution in [2.75, 3.05) is 0 Å². The summed E-state index contributed by atoms with van der Waals surface area (Å²) in [6.45, 7) is 4.00. The third kappa shape index (κ3) is 3.56. The predicted octanol–water partition coefficient (Wildman–Crippen LogP) is 4.07. The molecule has 0 bridgehead atoms. The van der Waals surface area contributed by atoms with Crippen molar-refractivity contribution in [3.63, 3.8) is 0 Å². The Morgan fingerprint density at radius 1 is 1.10 bits per heavy atom. The fraction of sp³-hybridized carbons (Fsp3) is 0.250. The van der Waals surface area contributed by atoms with Crippen LogP contribution in [0.25, 0.3) is 27.8 Å². The summed E-state index contributed by atoms with van der Waals surface area (Å²) in [6.07, 6.45) is 1.99. The molecule has 3 aromatic heterocycles. The van der Waals surface area contributed by atoms with Crippen molar-refractivity contribution in [3.05, 3.63) is 59.5 Å². The molecule has 0 atom stereocenters. The highest BCUT2D eigenvalue weighted by Crippen LogP contribution is 2.28. The third-order valence-electron chi connectivity index (χ3n) is 4.66. The quantitative estimate of drug-likeness (QED) is 0.502. The minimum Gasteiger partial charge on any atom is -0.406 e. The fourth-order valence-corrected chi connectivity index (χ4v) is 3.24. The molecule has 7 nitrogen and oxygen atoms in total. The largest absolute Gasteiger partial charge is 0.573 e. The smallest absolute Gasteiger partial charge is 0.406 e. The maximum atomic E-state index is 13.0. The van der Waals surface area contributed by atoms with Crippen LogP contribution < -0.4 is 10.3 Å². The average Bonchev–Trinajstić information content (AvgIpc) is 3.30. The highest BCUT2D eigenvalue weighted by molar-refractivity contribution is 5.91. The predicted molar refractivity (Wildman–Crippen MR) is 105 cm³/mol.